The molecular weight excluding hydrogens is 392 g/mol. The first-order valence-electron chi connectivity index (χ1n) is 12.6. The Balaban J connectivity index is 1.52. The Labute approximate surface area is 187 Å². The first-order valence-corrected chi connectivity index (χ1v) is 12.6. The Morgan fingerprint density at radius 1 is 1.06 bits per heavy atom. The Kier molecular flexibility index (Phi) is 6.22. The third-order valence-corrected chi connectivity index (χ3v) is 10.6. The molecular formula is C26H42O5. The lowest BCUT2D eigenvalue weighted by Crippen LogP contribution is -2.59. The molecule has 0 saturated heterocycles. The van der Waals surface area contributed by atoms with Gasteiger partial charge in [0.25, 0.3) is 0 Å². The van der Waals surface area contributed by atoms with Crippen molar-refractivity contribution in [2.75, 3.05) is 0 Å². The average molecular weight is 435 g/mol. The van der Waals surface area contributed by atoms with E-state index >= 15 is 0 Å². The summed E-state index contributed by atoms with van der Waals surface area (Å²) in [6.45, 7) is 8.49. The lowest BCUT2D eigenvalue weighted by molar-refractivity contribution is -0.181. The summed E-state index contributed by atoms with van der Waals surface area (Å²) in [6.07, 6.45) is 9.32. The van der Waals surface area contributed by atoms with Crippen LogP contribution in [-0.4, -0.2) is 34.4 Å². The van der Waals surface area contributed by atoms with E-state index in [1.165, 1.54) is 26.2 Å². The van der Waals surface area contributed by atoms with Crippen molar-refractivity contribution in [2.24, 2.45) is 46.3 Å². The number of ether oxygens (including phenoxy) is 1. The van der Waals surface area contributed by atoms with E-state index in [0.29, 0.717) is 41.9 Å². The van der Waals surface area contributed by atoms with Crippen LogP contribution in [0.5, 0.6) is 0 Å². The summed E-state index contributed by atoms with van der Waals surface area (Å²) < 4.78 is 5.58. The third kappa shape index (κ3) is 3.83. The van der Waals surface area contributed by atoms with Crippen LogP contribution in [0.15, 0.2) is 0 Å². The number of esters is 1. The van der Waals surface area contributed by atoms with Gasteiger partial charge in [0.15, 0.2) is 0 Å². The first-order chi connectivity index (χ1) is 14.6. The van der Waals surface area contributed by atoms with Gasteiger partial charge in [0.2, 0.25) is 0 Å². The Bertz CT molecular complexity index is 706. The highest BCUT2D eigenvalue weighted by Crippen LogP contribution is 2.68. The molecule has 0 aromatic heterocycles. The van der Waals surface area contributed by atoms with Crippen LogP contribution < -0.4 is 0 Å². The molecule has 176 valence electrons. The minimum atomic E-state index is -0.716. The average Bonchev–Trinajstić information content (AvgIpc) is 3.06. The molecule has 0 unspecified atom stereocenters. The molecule has 0 aromatic carbocycles. The lowest BCUT2D eigenvalue weighted by Gasteiger charge is -2.62. The van der Waals surface area contributed by atoms with Gasteiger partial charge >= 0.3 is 11.9 Å². The van der Waals surface area contributed by atoms with Crippen LogP contribution in [0, 0.1) is 46.3 Å². The molecule has 0 bridgehead atoms. The van der Waals surface area contributed by atoms with Crippen molar-refractivity contribution in [2.45, 2.75) is 104 Å². The standard InChI is InChI=1S/C26H42O5/c1-15(5-10-24(29)30)20-8-9-21-19-7-6-17-13-18(31-16(2)27)11-12-25(17,3)22(19)14-23(28)26(20,21)4/h15,17-23,28H,5-14H2,1-4H3,(H,29,30)/t15-,17-,18-,19+,20-,21+,22+,23+,25+,26-/m1/s1. The maximum Gasteiger partial charge on any atom is 0.303 e. The van der Waals surface area contributed by atoms with Crippen molar-refractivity contribution in [1.29, 1.82) is 0 Å². The molecule has 5 heteroatoms. The molecule has 4 aliphatic carbocycles. The number of carbonyl (C=O) groups excluding carboxylic acids is 1. The summed E-state index contributed by atoms with van der Waals surface area (Å²) in [7, 11) is 0. The molecule has 31 heavy (non-hydrogen) atoms. The number of fused-ring (bicyclic) bond motifs is 5. The molecule has 4 fully saturated rings. The number of hydrogen-bond donors (Lipinski definition) is 2. The van der Waals surface area contributed by atoms with Crippen LogP contribution in [-0.2, 0) is 14.3 Å². The van der Waals surface area contributed by atoms with Crippen molar-refractivity contribution in [3.05, 3.63) is 0 Å². The molecule has 0 spiro atoms. The number of aliphatic hydroxyl groups excluding tert-OH is 1. The number of aliphatic carboxylic acids is 1. The van der Waals surface area contributed by atoms with Crippen molar-refractivity contribution in [3.63, 3.8) is 0 Å². The Morgan fingerprint density at radius 3 is 2.48 bits per heavy atom. The fourth-order valence-corrected chi connectivity index (χ4v) is 9.04. The highest BCUT2D eigenvalue weighted by atomic mass is 16.5. The summed E-state index contributed by atoms with van der Waals surface area (Å²) >= 11 is 0. The van der Waals surface area contributed by atoms with Crippen LogP contribution in [0.1, 0.15) is 91.9 Å². The second kappa shape index (κ2) is 8.35. The van der Waals surface area contributed by atoms with Crippen LogP contribution in [0.4, 0.5) is 0 Å². The van der Waals surface area contributed by atoms with E-state index in [0.717, 1.165) is 32.1 Å². The highest BCUT2D eigenvalue weighted by Gasteiger charge is 2.63. The van der Waals surface area contributed by atoms with E-state index < -0.39 is 5.97 Å². The van der Waals surface area contributed by atoms with Crippen LogP contribution in [0.2, 0.25) is 0 Å². The molecule has 0 heterocycles. The Hall–Kier alpha value is -1.10. The van der Waals surface area contributed by atoms with Gasteiger partial charge in [-0.2, -0.15) is 0 Å². The van der Waals surface area contributed by atoms with Gasteiger partial charge in [-0.05, 0) is 104 Å². The zero-order chi connectivity index (χ0) is 22.6. The number of aliphatic hydroxyl groups is 1. The highest BCUT2D eigenvalue weighted by molar-refractivity contribution is 5.66. The second-order valence-corrected chi connectivity index (χ2v) is 11.9. The minimum Gasteiger partial charge on any atom is -0.481 e. The quantitative estimate of drug-likeness (QED) is 0.592. The van der Waals surface area contributed by atoms with Gasteiger partial charge in [-0.25, -0.2) is 0 Å². The summed E-state index contributed by atoms with van der Waals surface area (Å²) in [5, 5.41) is 20.7. The summed E-state index contributed by atoms with van der Waals surface area (Å²) in [6, 6.07) is 0. The van der Waals surface area contributed by atoms with E-state index in [9.17, 15) is 14.7 Å². The minimum absolute atomic E-state index is 0.0665. The predicted octanol–water partition coefficient (Wildman–Crippen LogP) is 5.05. The molecule has 0 aromatic rings. The van der Waals surface area contributed by atoms with Crippen molar-refractivity contribution >= 4 is 11.9 Å². The van der Waals surface area contributed by atoms with Gasteiger partial charge in [-0.15, -0.1) is 0 Å². The number of rotatable bonds is 5. The predicted molar refractivity (Wildman–Crippen MR) is 118 cm³/mol. The van der Waals surface area contributed by atoms with Gasteiger partial charge in [0.1, 0.15) is 6.10 Å². The molecule has 0 aliphatic heterocycles. The number of carbonyl (C=O) groups is 2. The normalized spacial score (nSPS) is 47.6. The zero-order valence-corrected chi connectivity index (χ0v) is 19.8. The van der Waals surface area contributed by atoms with E-state index in [1.54, 1.807) is 0 Å². The van der Waals surface area contributed by atoms with Gasteiger partial charge in [-0.1, -0.05) is 20.8 Å². The molecule has 5 nitrogen and oxygen atoms in total. The molecule has 10 atom stereocenters. The van der Waals surface area contributed by atoms with Crippen molar-refractivity contribution in [1.82, 2.24) is 0 Å². The van der Waals surface area contributed by atoms with Crippen molar-refractivity contribution in [3.8, 4) is 0 Å². The monoisotopic (exact) mass is 434 g/mol. The molecule has 4 saturated carbocycles. The topological polar surface area (TPSA) is 83.8 Å². The number of carboxylic acids is 1. The molecule has 4 rings (SSSR count). The van der Waals surface area contributed by atoms with Crippen LogP contribution in [0.25, 0.3) is 0 Å². The molecule has 4 aliphatic rings. The van der Waals surface area contributed by atoms with Crippen molar-refractivity contribution < 1.29 is 24.5 Å². The molecule has 0 amide bonds. The summed E-state index contributed by atoms with van der Waals surface area (Å²) in [5.74, 6) is 2.20. The van der Waals surface area contributed by atoms with Gasteiger partial charge in [0, 0.05) is 13.3 Å². The fraction of sp³-hybridized carbons (Fsp3) is 0.923. The third-order valence-electron chi connectivity index (χ3n) is 10.6. The van der Waals surface area contributed by atoms with Gasteiger partial charge in [0.05, 0.1) is 6.10 Å². The van der Waals surface area contributed by atoms with E-state index in [2.05, 4.69) is 20.8 Å². The molecule has 0 radical (unpaired) electrons. The second-order valence-electron chi connectivity index (χ2n) is 11.9. The van der Waals surface area contributed by atoms with Crippen LogP contribution in [0.3, 0.4) is 0 Å². The Morgan fingerprint density at radius 2 is 1.81 bits per heavy atom. The van der Waals surface area contributed by atoms with E-state index in [1.807, 2.05) is 0 Å². The molecule has 2 N–H and O–H groups in total. The first kappa shape index (κ1) is 23.1. The fourth-order valence-electron chi connectivity index (χ4n) is 9.04. The maximum atomic E-state index is 11.6. The van der Waals surface area contributed by atoms with Crippen LogP contribution >= 0.6 is 0 Å². The van der Waals surface area contributed by atoms with E-state index in [-0.39, 0.29) is 35.4 Å². The lowest BCUT2D eigenvalue weighted by atomic mass is 9.43. The van der Waals surface area contributed by atoms with E-state index in [4.69, 9.17) is 9.84 Å². The van der Waals surface area contributed by atoms with Gasteiger partial charge in [-0.3, -0.25) is 9.59 Å². The summed E-state index contributed by atoms with van der Waals surface area (Å²) in [4.78, 5) is 22.6. The summed E-state index contributed by atoms with van der Waals surface area (Å²) in [5.41, 5.74) is 0.145. The SMILES string of the molecule is CC(=O)O[C@@H]1CC[C@@]2(C)[C@H](CC[C@@H]3[C@@H]2C[C@H](O)[C@]2(C)[C@@H]([C@H](C)CCC(=O)O)CC[C@@H]32)C1. The number of hydrogen-bond acceptors (Lipinski definition) is 4. The van der Waals surface area contributed by atoms with Gasteiger partial charge < -0.3 is 14.9 Å². The zero-order valence-electron chi connectivity index (χ0n) is 19.8. The maximum absolute atomic E-state index is 11.6. The largest absolute Gasteiger partial charge is 0.481 e. The number of carboxylic acid groups (broad SMARTS) is 1. The smallest absolute Gasteiger partial charge is 0.303 e.